The van der Waals surface area contributed by atoms with Crippen LogP contribution < -0.4 is 4.74 Å². The Morgan fingerprint density at radius 3 is 3.00 bits per heavy atom. The zero-order valence-electron chi connectivity index (χ0n) is 9.12. The maximum atomic E-state index is 11.3. The zero-order chi connectivity index (χ0) is 10.8. The lowest BCUT2D eigenvalue weighted by Gasteiger charge is -2.17. The fraction of sp³-hybridized carbons (Fsp3) is 0.417. The molecule has 1 aromatic rings. The molecule has 0 saturated heterocycles. The summed E-state index contributed by atoms with van der Waals surface area (Å²) in [5.74, 6) is 1.01. The number of benzene rings is 1. The fourth-order valence-electron chi connectivity index (χ4n) is 1.79. The number of hydrogen-bond acceptors (Lipinski definition) is 2. The molecular weight excluding hydrogens is 190 g/mol. The van der Waals surface area contributed by atoms with E-state index in [1.54, 1.807) is 6.92 Å². The van der Waals surface area contributed by atoms with Crippen LogP contribution >= 0.6 is 0 Å². The highest BCUT2D eigenvalue weighted by Crippen LogP contribution is 2.23. The van der Waals surface area contributed by atoms with Crippen LogP contribution in [0.3, 0.4) is 0 Å². The second-order valence-corrected chi connectivity index (χ2v) is 3.90. The minimum Gasteiger partial charge on any atom is -0.491 e. The van der Waals surface area contributed by atoms with Crippen LogP contribution in [0.4, 0.5) is 0 Å². The second-order valence-electron chi connectivity index (χ2n) is 3.90. The summed E-state index contributed by atoms with van der Waals surface area (Å²) < 4.78 is 5.59. The van der Waals surface area contributed by atoms with Crippen molar-refractivity contribution in [3.63, 3.8) is 0 Å². The van der Waals surface area contributed by atoms with E-state index in [0.29, 0.717) is 19.7 Å². The molecule has 3 nitrogen and oxygen atoms in total. The maximum absolute atomic E-state index is 11.3. The van der Waals surface area contributed by atoms with Gasteiger partial charge >= 0.3 is 0 Å². The highest BCUT2D eigenvalue weighted by Gasteiger charge is 2.16. The molecular formula is C12H15NO2. The predicted molar refractivity (Wildman–Crippen MR) is 57.8 cm³/mol. The van der Waals surface area contributed by atoms with Crippen LogP contribution in [0.5, 0.6) is 5.75 Å². The van der Waals surface area contributed by atoms with Crippen molar-refractivity contribution in [3.8, 4) is 5.75 Å². The van der Waals surface area contributed by atoms with Gasteiger partial charge in [0.1, 0.15) is 12.4 Å². The van der Waals surface area contributed by atoms with Gasteiger partial charge in [0, 0.05) is 19.0 Å². The third kappa shape index (κ3) is 2.12. The molecule has 1 amide bonds. The van der Waals surface area contributed by atoms with Crippen LogP contribution in [0.2, 0.25) is 0 Å². The summed E-state index contributed by atoms with van der Waals surface area (Å²) >= 11 is 0. The van der Waals surface area contributed by atoms with E-state index >= 15 is 0 Å². The summed E-state index contributed by atoms with van der Waals surface area (Å²) in [7, 11) is 0. The van der Waals surface area contributed by atoms with E-state index in [-0.39, 0.29) is 5.91 Å². The third-order valence-corrected chi connectivity index (χ3v) is 2.64. The van der Waals surface area contributed by atoms with Crippen LogP contribution in [0.15, 0.2) is 18.2 Å². The Kier molecular flexibility index (Phi) is 2.62. The van der Waals surface area contributed by atoms with Crippen LogP contribution in [0.1, 0.15) is 18.1 Å². The van der Waals surface area contributed by atoms with Gasteiger partial charge in [0.25, 0.3) is 0 Å². The minimum absolute atomic E-state index is 0.105. The van der Waals surface area contributed by atoms with Crippen LogP contribution in [-0.2, 0) is 11.3 Å². The summed E-state index contributed by atoms with van der Waals surface area (Å²) in [5.41, 5.74) is 2.30. The Morgan fingerprint density at radius 1 is 1.47 bits per heavy atom. The maximum Gasteiger partial charge on any atom is 0.219 e. The smallest absolute Gasteiger partial charge is 0.219 e. The Balaban J connectivity index is 2.31. The number of hydrogen-bond donors (Lipinski definition) is 0. The first-order valence-electron chi connectivity index (χ1n) is 5.14. The number of carbonyl (C=O) groups is 1. The Labute approximate surface area is 89.7 Å². The highest BCUT2D eigenvalue weighted by molar-refractivity contribution is 5.73. The first kappa shape index (κ1) is 10.0. The van der Waals surface area contributed by atoms with Crippen molar-refractivity contribution in [2.24, 2.45) is 0 Å². The van der Waals surface area contributed by atoms with Crippen molar-refractivity contribution < 1.29 is 9.53 Å². The van der Waals surface area contributed by atoms with Gasteiger partial charge in [-0.3, -0.25) is 4.79 Å². The normalized spacial score (nSPS) is 15.2. The van der Waals surface area contributed by atoms with Gasteiger partial charge in [0.05, 0.1) is 6.54 Å². The SMILES string of the molecule is CC(=O)N1CCOc2ccc(C)cc2C1. The Hall–Kier alpha value is -1.51. The molecule has 1 aliphatic heterocycles. The van der Waals surface area contributed by atoms with E-state index in [0.717, 1.165) is 11.3 Å². The Morgan fingerprint density at radius 2 is 2.27 bits per heavy atom. The monoisotopic (exact) mass is 205 g/mol. The van der Waals surface area contributed by atoms with E-state index in [2.05, 4.69) is 6.07 Å². The van der Waals surface area contributed by atoms with Gasteiger partial charge in [-0.25, -0.2) is 0 Å². The van der Waals surface area contributed by atoms with Gasteiger partial charge in [-0.1, -0.05) is 17.7 Å². The first-order valence-corrected chi connectivity index (χ1v) is 5.14. The lowest BCUT2D eigenvalue weighted by Crippen LogP contribution is -2.30. The van der Waals surface area contributed by atoms with Crippen molar-refractivity contribution in [2.45, 2.75) is 20.4 Å². The summed E-state index contributed by atoms with van der Waals surface area (Å²) in [6.45, 7) is 5.55. The van der Waals surface area contributed by atoms with Gasteiger partial charge < -0.3 is 9.64 Å². The molecule has 15 heavy (non-hydrogen) atoms. The van der Waals surface area contributed by atoms with Gasteiger partial charge in [-0.15, -0.1) is 0 Å². The number of fused-ring (bicyclic) bond motifs is 1. The van der Waals surface area contributed by atoms with Crippen molar-refractivity contribution in [1.82, 2.24) is 4.90 Å². The number of aryl methyl sites for hydroxylation is 1. The molecule has 0 aromatic heterocycles. The van der Waals surface area contributed by atoms with Gasteiger partial charge in [-0.2, -0.15) is 0 Å². The molecule has 0 aliphatic carbocycles. The lowest BCUT2D eigenvalue weighted by molar-refractivity contribution is -0.129. The van der Waals surface area contributed by atoms with Gasteiger partial charge in [0.2, 0.25) is 5.91 Å². The molecule has 0 spiro atoms. The van der Waals surface area contributed by atoms with Gasteiger partial charge in [-0.05, 0) is 13.0 Å². The van der Waals surface area contributed by atoms with Crippen molar-refractivity contribution in [1.29, 1.82) is 0 Å². The molecule has 2 rings (SSSR count). The second kappa shape index (κ2) is 3.93. The number of amides is 1. The van der Waals surface area contributed by atoms with E-state index in [9.17, 15) is 4.79 Å². The summed E-state index contributed by atoms with van der Waals surface area (Å²) in [6.07, 6.45) is 0. The number of rotatable bonds is 0. The zero-order valence-corrected chi connectivity index (χ0v) is 9.12. The number of nitrogens with zero attached hydrogens (tertiary/aromatic N) is 1. The number of carbonyl (C=O) groups excluding carboxylic acids is 1. The van der Waals surface area contributed by atoms with E-state index in [4.69, 9.17) is 4.74 Å². The standard InChI is InChI=1S/C12H15NO2/c1-9-3-4-12-11(7-9)8-13(10(2)14)5-6-15-12/h3-4,7H,5-6,8H2,1-2H3. The largest absolute Gasteiger partial charge is 0.491 e. The van der Waals surface area contributed by atoms with Crippen LogP contribution in [-0.4, -0.2) is 24.0 Å². The molecule has 1 aromatic carbocycles. The lowest BCUT2D eigenvalue weighted by atomic mass is 10.1. The van der Waals surface area contributed by atoms with E-state index < -0.39 is 0 Å². The molecule has 3 heteroatoms. The molecule has 0 unspecified atom stereocenters. The third-order valence-electron chi connectivity index (χ3n) is 2.64. The van der Waals surface area contributed by atoms with Crippen molar-refractivity contribution >= 4 is 5.91 Å². The van der Waals surface area contributed by atoms with Crippen LogP contribution in [0.25, 0.3) is 0 Å². The molecule has 0 atom stereocenters. The summed E-state index contributed by atoms with van der Waals surface area (Å²) in [4.78, 5) is 13.1. The summed E-state index contributed by atoms with van der Waals surface area (Å²) in [6, 6.07) is 6.09. The minimum atomic E-state index is 0.105. The van der Waals surface area contributed by atoms with Crippen molar-refractivity contribution in [3.05, 3.63) is 29.3 Å². The molecule has 1 heterocycles. The quantitative estimate of drug-likeness (QED) is 0.645. The highest BCUT2D eigenvalue weighted by atomic mass is 16.5. The Bertz CT molecular complexity index is 387. The molecule has 0 fully saturated rings. The average Bonchev–Trinajstić information content (AvgIpc) is 2.39. The molecule has 0 N–H and O–H groups in total. The van der Waals surface area contributed by atoms with Crippen molar-refractivity contribution in [2.75, 3.05) is 13.2 Å². The van der Waals surface area contributed by atoms with Gasteiger partial charge in [0.15, 0.2) is 0 Å². The topological polar surface area (TPSA) is 29.5 Å². The predicted octanol–water partition coefficient (Wildman–Crippen LogP) is 1.74. The number of ether oxygens (including phenoxy) is 1. The molecule has 1 aliphatic rings. The molecule has 0 saturated carbocycles. The fourth-order valence-corrected chi connectivity index (χ4v) is 1.79. The molecule has 0 radical (unpaired) electrons. The van der Waals surface area contributed by atoms with E-state index in [1.807, 2.05) is 24.0 Å². The molecule has 0 bridgehead atoms. The molecule has 80 valence electrons. The van der Waals surface area contributed by atoms with E-state index in [1.165, 1.54) is 5.56 Å². The summed E-state index contributed by atoms with van der Waals surface area (Å²) in [5, 5.41) is 0. The first-order chi connectivity index (χ1) is 7.16. The average molecular weight is 205 g/mol. The van der Waals surface area contributed by atoms with Crippen LogP contribution in [0, 0.1) is 6.92 Å².